The quantitative estimate of drug-likeness (QED) is 0.642. The van der Waals surface area contributed by atoms with Gasteiger partial charge in [-0.3, -0.25) is 9.59 Å². The first-order valence-corrected chi connectivity index (χ1v) is 8.12. The monoisotopic (exact) mass is 330 g/mol. The summed E-state index contributed by atoms with van der Waals surface area (Å²) in [5.41, 5.74) is 1.39. The molecule has 8 heteroatoms. The number of hydrogen-bond donors (Lipinski definition) is 2. The van der Waals surface area contributed by atoms with E-state index in [0.717, 1.165) is 19.8 Å². The highest BCUT2D eigenvalue weighted by atomic mass is 32.1. The van der Waals surface area contributed by atoms with Gasteiger partial charge in [0.2, 0.25) is 0 Å². The van der Waals surface area contributed by atoms with Gasteiger partial charge in [-0.25, -0.2) is 21.7 Å². The van der Waals surface area contributed by atoms with Gasteiger partial charge in [-0.05, 0) is 22.9 Å². The second-order valence-electron chi connectivity index (χ2n) is 4.75. The zero-order valence-electron chi connectivity index (χ0n) is 11.1. The van der Waals surface area contributed by atoms with Crippen LogP contribution in [0.4, 0.5) is 0 Å². The summed E-state index contributed by atoms with van der Waals surface area (Å²) >= 11 is 2.83. The maximum Gasteiger partial charge on any atom is 0.275 e. The zero-order chi connectivity index (χ0) is 15.4. The van der Waals surface area contributed by atoms with Crippen LogP contribution in [0.2, 0.25) is 0 Å². The molecule has 110 valence electrons. The molecular weight excluding hydrogens is 320 g/mol. The number of fused-ring (bicyclic) bond motifs is 1. The lowest BCUT2D eigenvalue weighted by molar-refractivity contribution is -0.124. The Morgan fingerprint density at radius 2 is 1.18 bits per heavy atom. The fourth-order valence-corrected chi connectivity index (χ4v) is 4.19. The van der Waals surface area contributed by atoms with Gasteiger partial charge in [0.15, 0.2) is 0 Å². The Kier molecular flexibility index (Phi) is 2.81. The van der Waals surface area contributed by atoms with Gasteiger partial charge >= 0.3 is 0 Å². The fraction of sp³-hybridized carbons (Fsp3) is 0. The Morgan fingerprint density at radius 1 is 0.773 bits per heavy atom. The molecule has 0 radical (unpaired) electrons. The molecule has 0 unspecified atom stereocenters. The Bertz CT molecular complexity index is 777. The van der Waals surface area contributed by atoms with E-state index >= 15 is 0 Å². The summed E-state index contributed by atoms with van der Waals surface area (Å²) in [5, 5.41) is 5.80. The number of rotatable bonds is 2. The lowest BCUT2D eigenvalue weighted by Gasteiger charge is -2.17. The number of nitrogens with two attached hydrogens (primary N) is 2. The number of carbonyl (C=O) groups excluding carboxylic acids is 2. The standard InChI is InChI=1S/C14H10N4O2S2/c15-17-11(7-3-1-5-21-7)9-10(14(17)20)12(18(16)13(9)19)8-4-2-6-22-8/h1-6H,15-16H2. The van der Waals surface area contributed by atoms with Gasteiger partial charge in [0.25, 0.3) is 11.8 Å². The summed E-state index contributed by atoms with van der Waals surface area (Å²) in [6, 6.07) is 7.32. The number of hydrazine groups is 2. The molecule has 6 nitrogen and oxygen atoms in total. The Hall–Kier alpha value is -2.26. The van der Waals surface area contributed by atoms with Crippen molar-refractivity contribution in [1.29, 1.82) is 0 Å². The van der Waals surface area contributed by atoms with E-state index in [1.807, 2.05) is 35.0 Å². The summed E-state index contributed by atoms with van der Waals surface area (Å²) in [7, 11) is 0. The van der Waals surface area contributed by atoms with Gasteiger partial charge in [-0.1, -0.05) is 12.1 Å². The van der Waals surface area contributed by atoms with Crippen molar-refractivity contribution in [3.05, 3.63) is 55.9 Å². The average molecular weight is 330 g/mol. The van der Waals surface area contributed by atoms with Crippen molar-refractivity contribution >= 4 is 45.9 Å². The molecule has 0 aliphatic carbocycles. The molecule has 0 saturated carbocycles. The molecule has 4 rings (SSSR count). The van der Waals surface area contributed by atoms with Gasteiger partial charge in [0, 0.05) is 0 Å². The van der Waals surface area contributed by atoms with E-state index in [4.69, 9.17) is 11.7 Å². The summed E-state index contributed by atoms with van der Waals surface area (Å²) in [4.78, 5) is 26.6. The summed E-state index contributed by atoms with van der Waals surface area (Å²) in [5.74, 6) is 11.0. The summed E-state index contributed by atoms with van der Waals surface area (Å²) in [6.45, 7) is 0. The molecule has 2 aromatic rings. The number of nitrogens with zero attached hydrogens (tertiary/aromatic N) is 2. The molecule has 4 heterocycles. The molecule has 0 spiro atoms. The van der Waals surface area contributed by atoms with Gasteiger partial charge < -0.3 is 0 Å². The molecule has 2 amide bonds. The van der Waals surface area contributed by atoms with Crippen molar-refractivity contribution in [2.75, 3.05) is 0 Å². The number of amides is 2. The van der Waals surface area contributed by atoms with Crippen LogP contribution in [0.3, 0.4) is 0 Å². The highest BCUT2D eigenvalue weighted by molar-refractivity contribution is 7.11. The topological polar surface area (TPSA) is 92.7 Å². The van der Waals surface area contributed by atoms with Crippen molar-refractivity contribution in [2.24, 2.45) is 11.7 Å². The average Bonchev–Trinajstić information content (AvgIpc) is 3.25. The van der Waals surface area contributed by atoms with Crippen molar-refractivity contribution in [3.8, 4) is 0 Å². The minimum absolute atomic E-state index is 0.279. The van der Waals surface area contributed by atoms with Crippen LogP contribution in [0, 0.1) is 0 Å². The smallest absolute Gasteiger partial charge is 0.267 e. The highest BCUT2D eigenvalue weighted by Crippen LogP contribution is 2.45. The van der Waals surface area contributed by atoms with Crippen LogP contribution in [-0.2, 0) is 9.59 Å². The predicted molar refractivity (Wildman–Crippen MR) is 84.5 cm³/mol. The van der Waals surface area contributed by atoms with E-state index in [9.17, 15) is 9.59 Å². The van der Waals surface area contributed by atoms with Crippen molar-refractivity contribution in [3.63, 3.8) is 0 Å². The van der Waals surface area contributed by atoms with Crippen LogP contribution in [0.25, 0.3) is 11.4 Å². The maximum absolute atomic E-state index is 12.6. The molecule has 0 fully saturated rings. The number of carbonyl (C=O) groups is 2. The molecule has 0 atom stereocenters. The Balaban J connectivity index is 2.03. The van der Waals surface area contributed by atoms with Crippen LogP contribution >= 0.6 is 22.7 Å². The van der Waals surface area contributed by atoms with Crippen LogP contribution in [0.15, 0.2) is 46.2 Å². The number of thiophene rings is 2. The second-order valence-corrected chi connectivity index (χ2v) is 6.65. The van der Waals surface area contributed by atoms with Gasteiger partial charge in [0.1, 0.15) is 0 Å². The third-order valence-corrected chi connectivity index (χ3v) is 5.33. The molecular formula is C14H10N4O2S2. The van der Waals surface area contributed by atoms with Gasteiger partial charge in [-0.15, -0.1) is 22.7 Å². The molecule has 22 heavy (non-hydrogen) atoms. The first kappa shape index (κ1) is 13.4. The molecule has 0 bridgehead atoms. The normalized spacial score (nSPS) is 18.1. The first-order chi connectivity index (χ1) is 10.6. The van der Waals surface area contributed by atoms with Crippen LogP contribution in [-0.4, -0.2) is 21.8 Å². The zero-order valence-corrected chi connectivity index (χ0v) is 12.8. The second kappa shape index (κ2) is 4.62. The van der Waals surface area contributed by atoms with E-state index in [1.165, 1.54) is 22.7 Å². The van der Waals surface area contributed by atoms with Crippen molar-refractivity contribution in [1.82, 2.24) is 10.0 Å². The predicted octanol–water partition coefficient (Wildman–Crippen LogP) is 1.36. The first-order valence-electron chi connectivity index (χ1n) is 6.36. The maximum atomic E-state index is 12.6. The molecule has 2 aliphatic rings. The lowest BCUT2D eigenvalue weighted by atomic mass is 10.1. The molecule has 0 aromatic carbocycles. The minimum Gasteiger partial charge on any atom is -0.267 e. The van der Waals surface area contributed by atoms with E-state index < -0.39 is 11.8 Å². The van der Waals surface area contributed by atoms with Gasteiger partial charge in [0.05, 0.1) is 32.3 Å². The van der Waals surface area contributed by atoms with Gasteiger partial charge in [-0.2, -0.15) is 0 Å². The van der Waals surface area contributed by atoms with E-state index in [1.54, 1.807) is 0 Å². The molecule has 4 N–H and O–H groups in total. The van der Waals surface area contributed by atoms with Crippen molar-refractivity contribution < 1.29 is 9.59 Å². The van der Waals surface area contributed by atoms with Crippen LogP contribution in [0.1, 0.15) is 9.75 Å². The highest BCUT2D eigenvalue weighted by Gasteiger charge is 2.48. The Labute approximate surface area is 133 Å². The minimum atomic E-state index is -0.414. The SMILES string of the molecule is NN1C(=O)C2=C(c3cccs3)N(N)C(=O)C2=C1c1cccs1. The summed E-state index contributed by atoms with van der Waals surface area (Å²) in [6.07, 6.45) is 0. The summed E-state index contributed by atoms with van der Waals surface area (Å²) < 4.78 is 0. The largest absolute Gasteiger partial charge is 0.275 e. The third-order valence-electron chi connectivity index (χ3n) is 3.58. The van der Waals surface area contributed by atoms with E-state index in [2.05, 4.69) is 0 Å². The van der Waals surface area contributed by atoms with Crippen LogP contribution < -0.4 is 11.7 Å². The molecule has 2 aliphatic heterocycles. The number of hydrogen-bond acceptors (Lipinski definition) is 6. The van der Waals surface area contributed by atoms with E-state index in [0.29, 0.717) is 11.4 Å². The third kappa shape index (κ3) is 1.60. The Morgan fingerprint density at radius 3 is 1.50 bits per heavy atom. The molecule has 0 saturated heterocycles. The fourth-order valence-electron chi connectivity index (χ4n) is 2.65. The van der Waals surface area contributed by atoms with Crippen molar-refractivity contribution in [2.45, 2.75) is 0 Å². The molecule has 2 aromatic heterocycles. The lowest BCUT2D eigenvalue weighted by Crippen LogP contribution is -2.36. The van der Waals surface area contributed by atoms with Crippen LogP contribution in [0.5, 0.6) is 0 Å². The van der Waals surface area contributed by atoms with E-state index in [-0.39, 0.29) is 11.1 Å².